The molecule has 0 fully saturated rings. The first kappa shape index (κ1) is 23.6. The van der Waals surface area contributed by atoms with Gasteiger partial charge in [-0.2, -0.15) is 26.3 Å². The summed E-state index contributed by atoms with van der Waals surface area (Å²) in [6.07, 6.45) is -6.65. The molecule has 2 aromatic carbocycles. The molecule has 0 saturated heterocycles. The van der Waals surface area contributed by atoms with Crippen LogP contribution in [0.5, 0.6) is 0 Å². The first-order chi connectivity index (χ1) is 16.0. The first-order valence-electron chi connectivity index (χ1n) is 10.4. The van der Waals surface area contributed by atoms with E-state index in [2.05, 4.69) is 0 Å². The highest BCUT2D eigenvalue weighted by atomic mass is 19.4. The third kappa shape index (κ3) is 4.44. The van der Waals surface area contributed by atoms with Gasteiger partial charge in [-0.15, -0.1) is 0 Å². The minimum Gasteiger partial charge on any atom is -0.347 e. The maximum Gasteiger partial charge on any atom is 0.454 e. The fraction of sp³-hybridized carbons (Fsp3) is 0.250. The van der Waals surface area contributed by atoms with E-state index in [1.165, 1.54) is 24.5 Å². The molecule has 0 amide bonds. The molecule has 0 aliphatic rings. The molecule has 0 radical (unpaired) electrons. The Morgan fingerprint density at radius 2 is 0.971 bits per heavy atom. The molecule has 0 spiro atoms. The predicted molar refractivity (Wildman–Crippen MR) is 114 cm³/mol. The highest BCUT2D eigenvalue weighted by Gasteiger charge is 2.41. The average molecular weight is 480 g/mol. The van der Waals surface area contributed by atoms with Crippen molar-refractivity contribution in [2.75, 3.05) is 0 Å². The van der Waals surface area contributed by atoms with Crippen molar-refractivity contribution in [3.63, 3.8) is 0 Å². The van der Waals surface area contributed by atoms with Gasteiger partial charge in [0.15, 0.2) is 0 Å². The smallest absolute Gasteiger partial charge is 0.347 e. The number of hydrogen-bond donors (Lipinski definition) is 0. The normalized spacial score (nSPS) is 12.5. The highest BCUT2D eigenvalue weighted by Crippen LogP contribution is 2.30. The van der Waals surface area contributed by atoms with Gasteiger partial charge >= 0.3 is 12.4 Å². The summed E-state index contributed by atoms with van der Waals surface area (Å²) in [7, 11) is 0. The third-order valence-corrected chi connectivity index (χ3v) is 5.63. The van der Waals surface area contributed by atoms with Crippen LogP contribution >= 0.6 is 0 Å². The van der Waals surface area contributed by atoms with Crippen molar-refractivity contribution in [2.45, 2.75) is 38.3 Å². The van der Waals surface area contributed by atoms with Crippen LogP contribution in [0.1, 0.15) is 33.6 Å². The lowest BCUT2D eigenvalue weighted by Crippen LogP contribution is -2.22. The van der Waals surface area contributed by atoms with Crippen molar-refractivity contribution in [1.29, 1.82) is 0 Å². The van der Waals surface area contributed by atoms with E-state index in [4.69, 9.17) is 0 Å². The number of unbranched alkanes of at least 4 members (excludes halogenated alkanes) is 1. The van der Waals surface area contributed by atoms with Crippen LogP contribution in [0.25, 0.3) is 21.8 Å². The summed E-state index contributed by atoms with van der Waals surface area (Å²) < 4.78 is 81.0. The number of Topliss-reactive ketones (excluding diaryl/α,β-unsaturated/α-hetero) is 2. The zero-order valence-electron chi connectivity index (χ0n) is 17.6. The van der Waals surface area contributed by atoms with E-state index in [0.717, 1.165) is 0 Å². The van der Waals surface area contributed by atoms with E-state index in [1.54, 1.807) is 45.5 Å². The Morgan fingerprint density at radius 3 is 1.32 bits per heavy atom. The topological polar surface area (TPSA) is 44.0 Å². The molecule has 4 aromatic rings. The Hall–Kier alpha value is -3.56. The number of aryl methyl sites for hydroxylation is 2. The van der Waals surface area contributed by atoms with Gasteiger partial charge in [-0.3, -0.25) is 9.59 Å². The summed E-state index contributed by atoms with van der Waals surface area (Å²) >= 11 is 0. The molecule has 0 bridgehead atoms. The zero-order chi connectivity index (χ0) is 24.7. The molecule has 0 aliphatic carbocycles. The van der Waals surface area contributed by atoms with E-state index in [1.807, 2.05) is 0 Å². The van der Waals surface area contributed by atoms with Gasteiger partial charge in [0.2, 0.25) is 0 Å². The molecule has 0 aliphatic heterocycles. The number of nitrogens with zero attached hydrogens (tertiary/aromatic N) is 2. The fourth-order valence-electron chi connectivity index (χ4n) is 4.10. The Morgan fingerprint density at radius 1 is 0.618 bits per heavy atom. The Balaban J connectivity index is 1.52. The standard InChI is InChI=1S/C24H18F6N2O2/c25-23(26,27)21(33)17-13-31(19-9-3-1-7-15(17)19)11-5-6-12-32-14-18(22(34)24(28,29)30)16-8-2-4-10-20(16)32/h1-4,7-10,13-14H,5-6,11-12H2. The minimum absolute atomic E-state index is 0.205. The molecule has 0 N–H and O–H groups in total. The van der Waals surface area contributed by atoms with Crippen molar-refractivity contribution in [3.8, 4) is 0 Å². The van der Waals surface area contributed by atoms with Gasteiger partial charge in [-0.05, 0) is 25.0 Å². The first-order valence-corrected chi connectivity index (χ1v) is 10.4. The number of fused-ring (bicyclic) bond motifs is 2. The number of aromatic nitrogens is 2. The van der Waals surface area contributed by atoms with Gasteiger partial charge in [0, 0.05) is 47.3 Å². The quantitative estimate of drug-likeness (QED) is 0.171. The molecule has 0 unspecified atom stereocenters. The summed E-state index contributed by atoms with van der Waals surface area (Å²) in [5.74, 6) is -3.83. The molecule has 34 heavy (non-hydrogen) atoms. The molecule has 2 heterocycles. The van der Waals surface area contributed by atoms with Crippen molar-refractivity contribution >= 4 is 33.4 Å². The van der Waals surface area contributed by atoms with Gasteiger partial charge in [-0.1, -0.05) is 36.4 Å². The lowest BCUT2D eigenvalue weighted by atomic mass is 10.1. The fourth-order valence-corrected chi connectivity index (χ4v) is 4.10. The number of benzene rings is 2. The van der Waals surface area contributed by atoms with Gasteiger partial charge < -0.3 is 9.13 Å². The van der Waals surface area contributed by atoms with Crippen LogP contribution in [0.4, 0.5) is 26.3 Å². The van der Waals surface area contributed by atoms with Gasteiger partial charge in [0.25, 0.3) is 11.6 Å². The number of carbonyl (C=O) groups excluding carboxylic acids is 2. The van der Waals surface area contributed by atoms with E-state index < -0.39 is 35.0 Å². The van der Waals surface area contributed by atoms with Crippen LogP contribution in [-0.4, -0.2) is 33.1 Å². The van der Waals surface area contributed by atoms with Gasteiger partial charge in [0.05, 0.1) is 11.1 Å². The van der Waals surface area contributed by atoms with Gasteiger partial charge in [0.1, 0.15) is 0 Å². The second-order valence-corrected chi connectivity index (χ2v) is 7.87. The lowest BCUT2D eigenvalue weighted by Gasteiger charge is -2.07. The molecule has 0 saturated carbocycles. The van der Waals surface area contributed by atoms with Crippen LogP contribution in [0, 0.1) is 0 Å². The number of ketones is 2. The maximum atomic E-state index is 13.0. The summed E-state index contributed by atoms with van der Waals surface area (Å²) in [5.41, 5.74) is 0.128. The van der Waals surface area contributed by atoms with E-state index in [0.29, 0.717) is 37.0 Å². The predicted octanol–water partition coefficient (Wildman–Crippen LogP) is 6.57. The molecule has 2 aromatic heterocycles. The Bertz CT molecular complexity index is 1270. The SMILES string of the molecule is O=C(c1cn(CCCCn2cc(C(=O)C(F)(F)F)c3ccccc32)c2ccccc12)C(F)(F)F. The highest BCUT2D eigenvalue weighted by molar-refractivity contribution is 6.11. The van der Waals surface area contributed by atoms with E-state index >= 15 is 0 Å². The Labute approximate surface area is 189 Å². The van der Waals surface area contributed by atoms with Crippen LogP contribution in [0.2, 0.25) is 0 Å². The summed E-state index contributed by atoms with van der Waals surface area (Å²) in [6, 6.07) is 12.6. The molecule has 4 rings (SSSR count). The maximum absolute atomic E-state index is 13.0. The van der Waals surface area contributed by atoms with Crippen LogP contribution in [0.3, 0.4) is 0 Å². The van der Waals surface area contributed by atoms with E-state index in [9.17, 15) is 35.9 Å². The zero-order valence-corrected chi connectivity index (χ0v) is 17.6. The Kier molecular flexibility index (Phi) is 6.01. The second-order valence-electron chi connectivity index (χ2n) is 7.87. The van der Waals surface area contributed by atoms with Crippen molar-refractivity contribution in [2.24, 2.45) is 0 Å². The van der Waals surface area contributed by atoms with E-state index in [-0.39, 0.29) is 10.8 Å². The molecular weight excluding hydrogens is 462 g/mol. The third-order valence-electron chi connectivity index (χ3n) is 5.63. The minimum atomic E-state index is -4.99. The molecule has 4 nitrogen and oxygen atoms in total. The van der Waals surface area contributed by atoms with Crippen molar-refractivity contribution < 1.29 is 35.9 Å². The monoisotopic (exact) mass is 480 g/mol. The van der Waals surface area contributed by atoms with Gasteiger partial charge in [-0.25, -0.2) is 0 Å². The molecular formula is C24H18F6N2O2. The number of hydrogen-bond acceptors (Lipinski definition) is 2. The summed E-state index contributed by atoms with van der Waals surface area (Å²) in [4.78, 5) is 23.6. The second kappa shape index (κ2) is 8.66. The number of para-hydroxylation sites is 2. The lowest BCUT2D eigenvalue weighted by molar-refractivity contribution is -0.0887. The molecule has 178 valence electrons. The van der Waals surface area contributed by atoms with Crippen molar-refractivity contribution in [1.82, 2.24) is 9.13 Å². The molecule has 0 atom stereocenters. The van der Waals surface area contributed by atoms with Crippen LogP contribution in [-0.2, 0) is 13.1 Å². The number of alkyl halides is 6. The van der Waals surface area contributed by atoms with Crippen LogP contribution < -0.4 is 0 Å². The van der Waals surface area contributed by atoms with Crippen LogP contribution in [0.15, 0.2) is 60.9 Å². The molecule has 10 heteroatoms. The number of rotatable bonds is 7. The largest absolute Gasteiger partial charge is 0.454 e. The summed E-state index contributed by atoms with van der Waals surface area (Å²) in [6.45, 7) is 0.610. The number of carbonyl (C=O) groups is 2. The number of halogens is 6. The average Bonchev–Trinajstić information content (AvgIpc) is 3.33. The van der Waals surface area contributed by atoms with Crippen molar-refractivity contribution in [3.05, 3.63) is 72.1 Å². The summed E-state index contributed by atoms with van der Waals surface area (Å²) in [5, 5.41) is 0.410.